The van der Waals surface area contributed by atoms with Gasteiger partial charge in [0.15, 0.2) is 0 Å². The van der Waals surface area contributed by atoms with Crippen molar-refractivity contribution < 1.29 is 0 Å². The highest BCUT2D eigenvalue weighted by molar-refractivity contribution is 5.75. The molecule has 1 N–H and O–H groups in total. The van der Waals surface area contributed by atoms with Crippen molar-refractivity contribution in [2.24, 2.45) is 0 Å². The number of rotatable bonds is 8. The third-order valence-corrected chi connectivity index (χ3v) is 3.79. The quantitative estimate of drug-likeness (QED) is 0.793. The largest absolute Gasteiger partial charge is 0.326 e. The number of imidazole rings is 1. The van der Waals surface area contributed by atoms with Crippen molar-refractivity contribution in [2.75, 3.05) is 6.54 Å². The summed E-state index contributed by atoms with van der Waals surface area (Å²) in [6.45, 7) is 8.80. The lowest BCUT2D eigenvalue weighted by Crippen LogP contribution is -2.33. The van der Waals surface area contributed by atoms with Gasteiger partial charge < -0.3 is 9.88 Å². The first kappa shape index (κ1) is 15.0. The highest BCUT2D eigenvalue weighted by Gasteiger charge is 2.13. The third-order valence-electron chi connectivity index (χ3n) is 3.79. The summed E-state index contributed by atoms with van der Waals surface area (Å²) in [6, 6.07) is 9.01. The van der Waals surface area contributed by atoms with E-state index in [1.165, 1.54) is 17.8 Å². The molecule has 3 nitrogen and oxygen atoms in total. The molecule has 2 rings (SSSR count). The number of aryl methyl sites for hydroxylation is 1. The van der Waals surface area contributed by atoms with Crippen LogP contribution < -0.4 is 5.32 Å². The molecule has 0 fully saturated rings. The molecule has 0 aliphatic rings. The lowest BCUT2D eigenvalue weighted by Gasteiger charge is -2.19. The average molecular weight is 273 g/mol. The van der Waals surface area contributed by atoms with Crippen molar-refractivity contribution in [2.45, 2.75) is 59.0 Å². The average Bonchev–Trinajstić information content (AvgIpc) is 2.81. The second-order valence-corrected chi connectivity index (χ2v) is 5.44. The lowest BCUT2D eigenvalue weighted by atomic mass is 10.2. The molecule has 0 aliphatic heterocycles. The lowest BCUT2D eigenvalue weighted by molar-refractivity contribution is 0.434. The molecule has 0 saturated carbocycles. The van der Waals surface area contributed by atoms with Crippen molar-refractivity contribution >= 4 is 11.0 Å². The van der Waals surface area contributed by atoms with E-state index in [2.05, 4.69) is 54.9 Å². The zero-order chi connectivity index (χ0) is 14.4. The highest BCUT2D eigenvalue weighted by atomic mass is 15.1. The molecule has 3 heteroatoms. The Hall–Kier alpha value is -1.35. The maximum Gasteiger partial charge on any atom is 0.109 e. The Morgan fingerprint density at radius 2 is 1.95 bits per heavy atom. The minimum atomic E-state index is 0.531. The van der Waals surface area contributed by atoms with E-state index in [-0.39, 0.29) is 0 Å². The molecule has 1 heterocycles. The molecule has 0 saturated heterocycles. The summed E-state index contributed by atoms with van der Waals surface area (Å²) in [5, 5.41) is 3.64. The standard InChI is InChI=1S/C17H27N3/c1-4-9-17-19-15-10-7-8-11-16(15)20(17)13-14(6-3)18-12-5-2/h7-8,10-11,14,18H,4-6,9,12-13H2,1-3H3. The van der Waals surface area contributed by atoms with Gasteiger partial charge >= 0.3 is 0 Å². The van der Waals surface area contributed by atoms with Crippen LogP contribution in [-0.2, 0) is 13.0 Å². The van der Waals surface area contributed by atoms with E-state index in [4.69, 9.17) is 4.98 Å². The van der Waals surface area contributed by atoms with E-state index in [0.717, 1.165) is 37.9 Å². The van der Waals surface area contributed by atoms with Gasteiger partial charge in [0.1, 0.15) is 5.82 Å². The van der Waals surface area contributed by atoms with E-state index in [0.29, 0.717) is 6.04 Å². The topological polar surface area (TPSA) is 29.9 Å². The van der Waals surface area contributed by atoms with Gasteiger partial charge in [-0.3, -0.25) is 0 Å². The van der Waals surface area contributed by atoms with Gasteiger partial charge in [-0.2, -0.15) is 0 Å². The molecular weight excluding hydrogens is 246 g/mol. The second-order valence-electron chi connectivity index (χ2n) is 5.44. The minimum absolute atomic E-state index is 0.531. The van der Waals surface area contributed by atoms with Gasteiger partial charge in [-0.05, 0) is 37.9 Å². The molecule has 1 unspecified atom stereocenters. The highest BCUT2D eigenvalue weighted by Crippen LogP contribution is 2.18. The summed E-state index contributed by atoms with van der Waals surface area (Å²) in [5.41, 5.74) is 2.40. The zero-order valence-electron chi connectivity index (χ0n) is 13.0. The molecule has 0 spiro atoms. The third kappa shape index (κ3) is 3.40. The molecule has 2 aromatic rings. The molecule has 1 atom stereocenters. The molecule has 0 bridgehead atoms. The van der Waals surface area contributed by atoms with Crippen LogP contribution in [0.25, 0.3) is 11.0 Å². The van der Waals surface area contributed by atoms with Crippen molar-refractivity contribution in [1.29, 1.82) is 0 Å². The Bertz CT molecular complexity index is 530. The molecular formula is C17H27N3. The van der Waals surface area contributed by atoms with E-state index in [9.17, 15) is 0 Å². The predicted octanol–water partition coefficient (Wildman–Crippen LogP) is 3.77. The van der Waals surface area contributed by atoms with Crippen molar-refractivity contribution in [3.63, 3.8) is 0 Å². The first-order chi connectivity index (χ1) is 9.80. The normalized spacial score (nSPS) is 12.9. The van der Waals surface area contributed by atoms with E-state index in [1.54, 1.807) is 0 Å². The number of para-hydroxylation sites is 2. The van der Waals surface area contributed by atoms with Gasteiger partial charge in [-0.25, -0.2) is 4.98 Å². The Kier molecular flexibility index (Phi) is 5.60. The van der Waals surface area contributed by atoms with Crippen molar-refractivity contribution in [3.8, 4) is 0 Å². The Balaban J connectivity index is 2.27. The first-order valence-corrected chi connectivity index (χ1v) is 7.97. The van der Waals surface area contributed by atoms with Crippen molar-refractivity contribution in [3.05, 3.63) is 30.1 Å². The van der Waals surface area contributed by atoms with E-state index in [1.807, 2.05) is 0 Å². The van der Waals surface area contributed by atoms with Crippen LogP contribution in [0.5, 0.6) is 0 Å². The maximum atomic E-state index is 4.81. The Morgan fingerprint density at radius 1 is 1.15 bits per heavy atom. The predicted molar refractivity (Wildman–Crippen MR) is 86.1 cm³/mol. The zero-order valence-corrected chi connectivity index (χ0v) is 13.0. The summed E-state index contributed by atoms with van der Waals surface area (Å²) in [6.07, 6.45) is 4.53. The SMILES string of the molecule is CCCNC(CC)Cn1c(CCC)nc2ccccc21. The fourth-order valence-electron chi connectivity index (χ4n) is 2.65. The van der Waals surface area contributed by atoms with Gasteiger partial charge in [0.25, 0.3) is 0 Å². The minimum Gasteiger partial charge on any atom is -0.326 e. The number of aromatic nitrogens is 2. The van der Waals surface area contributed by atoms with Crippen LogP contribution in [0.4, 0.5) is 0 Å². The van der Waals surface area contributed by atoms with Crippen LogP contribution in [0.2, 0.25) is 0 Å². The van der Waals surface area contributed by atoms with Gasteiger partial charge in [0.2, 0.25) is 0 Å². The fraction of sp³-hybridized carbons (Fsp3) is 0.588. The van der Waals surface area contributed by atoms with E-state index < -0.39 is 0 Å². The van der Waals surface area contributed by atoms with Gasteiger partial charge in [-0.1, -0.05) is 32.9 Å². The van der Waals surface area contributed by atoms with E-state index >= 15 is 0 Å². The molecule has 1 aromatic carbocycles. The maximum absolute atomic E-state index is 4.81. The van der Waals surface area contributed by atoms with Gasteiger partial charge in [0, 0.05) is 19.0 Å². The number of hydrogen-bond acceptors (Lipinski definition) is 2. The molecule has 20 heavy (non-hydrogen) atoms. The first-order valence-electron chi connectivity index (χ1n) is 7.97. The molecule has 1 aromatic heterocycles. The molecule has 0 radical (unpaired) electrons. The molecule has 110 valence electrons. The van der Waals surface area contributed by atoms with Crippen molar-refractivity contribution in [1.82, 2.24) is 14.9 Å². The molecule has 0 amide bonds. The van der Waals surface area contributed by atoms with Crippen LogP contribution in [-0.4, -0.2) is 22.1 Å². The summed E-state index contributed by atoms with van der Waals surface area (Å²) in [5.74, 6) is 1.23. The molecule has 0 aliphatic carbocycles. The fourth-order valence-corrected chi connectivity index (χ4v) is 2.65. The summed E-state index contributed by atoms with van der Waals surface area (Å²) >= 11 is 0. The summed E-state index contributed by atoms with van der Waals surface area (Å²) < 4.78 is 2.41. The van der Waals surface area contributed by atoms with Crippen LogP contribution in [0, 0.1) is 0 Å². The smallest absolute Gasteiger partial charge is 0.109 e. The number of hydrogen-bond donors (Lipinski definition) is 1. The number of benzene rings is 1. The number of nitrogens with one attached hydrogen (secondary N) is 1. The van der Waals surface area contributed by atoms with Gasteiger partial charge in [0.05, 0.1) is 11.0 Å². The van der Waals surface area contributed by atoms with Gasteiger partial charge in [-0.15, -0.1) is 0 Å². The summed E-state index contributed by atoms with van der Waals surface area (Å²) in [4.78, 5) is 4.81. The van der Waals surface area contributed by atoms with Crippen LogP contribution in [0.1, 0.15) is 45.9 Å². The second kappa shape index (κ2) is 7.44. The Morgan fingerprint density at radius 3 is 2.65 bits per heavy atom. The number of nitrogens with zero attached hydrogens (tertiary/aromatic N) is 2. The van der Waals surface area contributed by atoms with Crippen LogP contribution in [0.15, 0.2) is 24.3 Å². The number of fused-ring (bicyclic) bond motifs is 1. The Labute approximate surface area is 122 Å². The summed E-state index contributed by atoms with van der Waals surface area (Å²) in [7, 11) is 0. The van der Waals surface area contributed by atoms with Crippen LogP contribution >= 0.6 is 0 Å². The van der Waals surface area contributed by atoms with Crippen LogP contribution in [0.3, 0.4) is 0 Å². The monoisotopic (exact) mass is 273 g/mol.